The van der Waals surface area contributed by atoms with Crippen LogP contribution in [0.5, 0.6) is 0 Å². The monoisotopic (exact) mass is 464 g/mol. The van der Waals surface area contributed by atoms with Gasteiger partial charge >= 0.3 is 0 Å². The Balaban J connectivity index is 1.66. The van der Waals surface area contributed by atoms with Gasteiger partial charge in [0.25, 0.3) is 0 Å². The summed E-state index contributed by atoms with van der Waals surface area (Å²) in [6.07, 6.45) is 0.812. The number of aliphatic imine (C=N–C) groups is 1. The van der Waals surface area contributed by atoms with Crippen molar-refractivity contribution < 1.29 is 19.1 Å². The lowest BCUT2D eigenvalue weighted by molar-refractivity contribution is 0.0914. The highest BCUT2D eigenvalue weighted by Gasteiger charge is 2.41. The molecule has 2 atom stereocenters. The van der Waals surface area contributed by atoms with Gasteiger partial charge in [-0.2, -0.15) is 5.10 Å². The molecule has 0 saturated heterocycles. The number of aromatic nitrogens is 3. The Morgan fingerprint density at radius 2 is 2.06 bits per heavy atom. The van der Waals surface area contributed by atoms with Crippen LogP contribution in [0.1, 0.15) is 44.9 Å². The number of aliphatic hydroxyl groups is 1. The lowest BCUT2D eigenvalue weighted by atomic mass is 9.83. The van der Waals surface area contributed by atoms with Crippen LogP contribution in [-0.4, -0.2) is 63.5 Å². The topological polar surface area (TPSA) is 105 Å². The summed E-state index contributed by atoms with van der Waals surface area (Å²) in [7, 11) is 4.01. The summed E-state index contributed by atoms with van der Waals surface area (Å²) in [5.74, 6) is -0.816. The van der Waals surface area contributed by atoms with Crippen molar-refractivity contribution in [2.75, 3.05) is 32.7 Å². The van der Waals surface area contributed by atoms with E-state index >= 15 is 0 Å². The van der Waals surface area contributed by atoms with E-state index in [-0.39, 0.29) is 31.0 Å². The summed E-state index contributed by atoms with van der Waals surface area (Å²) < 4.78 is 16.0. The Kier molecular flexibility index (Phi) is 5.94. The quantitative estimate of drug-likeness (QED) is 0.577. The molecule has 2 aliphatic heterocycles. The average Bonchev–Trinajstić information content (AvgIpc) is 3.19. The van der Waals surface area contributed by atoms with Crippen LogP contribution in [0.4, 0.5) is 10.1 Å². The molecule has 3 heterocycles. The van der Waals surface area contributed by atoms with Crippen LogP contribution in [0.2, 0.25) is 0 Å². The van der Waals surface area contributed by atoms with Crippen LogP contribution < -0.4 is 5.48 Å². The number of rotatable bonds is 6. The number of anilines is 1. The Morgan fingerprint density at radius 3 is 2.79 bits per heavy atom. The lowest BCUT2D eigenvalue weighted by Gasteiger charge is -2.27. The van der Waals surface area contributed by atoms with Crippen molar-refractivity contribution >= 4 is 17.2 Å². The van der Waals surface area contributed by atoms with Crippen molar-refractivity contribution in [1.82, 2.24) is 19.7 Å². The summed E-state index contributed by atoms with van der Waals surface area (Å²) in [6, 6.07) is 10.6. The predicted octanol–water partition coefficient (Wildman–Crippen LogP) is 2.34. The number of nitrogens with one attached hydrogen (secondary N) is 1. The Morgan fingerprint density at radius 1 is 1.26 bits per heavy atom. The number of halogens is 1. The van der Waals surface area contributed by atoms with Crippen molar-refractivity contribution in [3.8, 4) is 0 Å². The van der Waals surface area contributed by atoms with Crippen LogP contribution in [0, 0.1) is 5.82 Å². The third-order valence-electron chi connectivity index (χ3n) is 5.99. The zero-order chi connectivity index (χ0) is 23.8. The van der Waals surface area contributed by atoms with E-state index < -0.39 is 17.8 Å². The minimum atomic E-state index is -0.606. The molecule has 0 saturated carbocycles. The third kappa shape index (κ3) is 4.00. The minimum Gasteiger partial charge on any atom is -0.394 e. The number of Topliss-reactive ketones (excluding diaryl/α,β-unsaturated/α-hetero) is 1. The molecule has 0 aliphatic carbocycles. The summed E-state index contributed by atoms with van der Waals surface area (Å²) in [4.78, 5) is 29.9. The number of hydrogen-bond donors (Lipinski definition) is 2. The second kappa shape index (κ2) is 9.05. The van der Waals surface area contributed by atoms with Gasteiger partial charge in [-0.15, -0.1) is 0 Å². The highest BCUT2D eigenvalue weighted by Crippen LogP contribution is 2.43. The normalized spacial score (nSPS) is 19.4. The molecular weight excluding hydrogens is 439 g/mol. The molecule has 2 N–H and O–H groups in total. The standard InChI is InChI=1S/C24H25FN6O3/c1-30(2)12-14-3-5-15(6-4-14)23-21(24-27-13-28-31(24)7-8-32)22-20-17(19(33)11-26-22)9-16(25)10-18(20)29-34-23/h3-6,9-10,13,21,23,29,32H,7-8,11-12H2,1-2H3. The van der Waals surface area contributed by atoms with Gasteiger partial charge in [0.05, 0.1) is 30.5 Å². The van der Waals surface area contributed by atoms with Gasteiger partial charge in [-0.3, -0.25) is 20.1 Å². The maximum absolute atomic E-state index is 14.4. The number of aliphatic hydroxyl groups excluding tert-OH is 1. The zero-order valence-corrected chi connectivity index (χ0v) is 18.9. The summed E-state index contributed by atoms with van der Waals surface area (Å²) in [6.45, 7) is 0.818. The molecule has 0 radical (unpaired) electrons. The number of benzene rings is 2. The molecule has 0 amide bonds. The van der Waals surface area contributed by atoms with Gasteiger partial charge in [-0.25, -0.2) is 14.1 Å². The largest absolute Gasteiger partial charge is 0.394 e. The molecule has 176 valence electrons. The van der Waals surface area contributed by atoms with E-state index in [2.05, 4.69) is 25.5 Å². The van der Waals surface area contributed by atoms with E-state index in [1.54, 1.807) is 4.68 Å². The number of hydrogen-bond acceptors (Lipinski definition) is 8. The van der Waals surface area contributed by atoms with Crippen LogP contribution in [0.15, 0.2) is 47.7 Å². The van der Waals surface area contributed by atoms with E-state index in [9.17, 15) is 14.3 Å². The van der Waals surface area contributed by atoms with E-state index in [0.29, 0.717) is 22.8 Å². The van der Waals surface area contributed by atoms with Gasteiger partial charge in [-0.05, 0) is 37.4 Å². The van der Waals surface area contributed by atoms with Gasteiger partial charge in [0, 0.05) is 17.7 Å². The van der Waals surface area contributed by atoms with Gasteiger partial charge in [0.15, 0.2) is 5.78 Å². The number of nitrogens with zero attached hydrogens (tertiary/aromatic N) is 5. The van der Waals surface area contributed by atoms with Crippen LogP contribution in [0.25, 0.3) is 0 Å². The Labute approximate surface area is 195 Å². The molecule has 1 aromatic heterocycles. The molecule has 2 unspecified atom stereocenters. The van der Waals surface area contributed by atoms with Crippen LogP contribution in [0.3, 0.4) is 0 Å². The lowest BCUT2D eigenvalue weighted by Crippen LogP contribution is -2.30. The fraction of sp³-hybridized carbons (Fsp3) is 0.333. The maximum Gasteiger partial charge on any atom is 0.185 e. The highest BCUT2D eigenvalue weighted by molar-refractivity contribution is 6.20. The SMILES string of the molecule is CN(C)Cc1ccc(C2ONc3cc(F)cc4c3C(=NCC4=O)C2c2ncnn2CCO)cc1. The molecule has 0 spiro atoms. The van der Waals surface area contributed by atoms with Crippen molar-refractivity contribution in [3.63, 3.8) is 0 Å². The van der Waals surface area contributed by atoms with Crippen LogP contribution in [-0.2, 0) is 17.9 Å². The molecule has 9 nitrogen and oxygen atoms in total. The zero-order valence-electron chi connectivity index (χ0n) is 18.9. The molecule has 34 heavy (non-hydrogen) atoms. The fourth-order valence-electron chi connectivity index (χ4n) is 4.57. The molecule has 10 heteroatoms. The smallest absolute Gasteiger partial charge is 0.185 e. The fourth-order valence-corrected chi connectivity index (χ4v) is 4.57. The van der Waals surface area contributed by atoms with E-state index in [0.717, 1.165) is 17.7 Å². The third-order valence-corrected chi connectivity index (χ3v) is 5.99. The van der Waals surface area contributed by atoms with E-state index in [4.69, 9.17) is 4.84 Å². The molecule has 2 aliphatic rings. The first-order valence-electron chi connectivity index (χ1n) is 11.0. The van der Waals surface area contributed by atoms with Crippen molar-refractivity contribution in [2.24, 2.45) is 4.99 Å². The number of carbonyl (C=O) groups is 1. The van der Waals surface area contributed by atoms with Crippen molar-refractivity contribution in [1.29, 1.82) is 0 Å². The molecule has 2 aromatic carbocycles. The van der Waals surface area contributed by atoms with Crippen molar-refractivity contribution in [2.45, 2.75) is 25.1 Å². The first kappa shape index (κ1) is 22.3. The minimum absolute atomic E-state index is 0.0929. The van der Waals surface area contributed by atoms with Crippen molar-refractivity contribution in [3.05, 3.63) is 76.6 Å². The number of carbonyl (C=O) groups excluding carboxylic acids is 1. The Hall–Kier alpha value is -3.47. The average molecular weight is 465 g/mol. The maximum atomic E-state index is 14.4. The predicted molar refractivity (Wildman–Crippen MR) is 123 cm³/mol. The highest BCUT2D eigenvalue weighted by atomic mass is 19.1. The summed E-state index contributed by atoms with van der Waals surface area (Å²) in [5.41, 5.74) is 6.55. The molecular formula is C24H25FN6O3. The van der Waals surface area contributed by atoms with E-state index in [1.165, 1.54) is 18.5 Å². The molecule has 5 rings (SSSR count). The molecule has 0 fully saturated rings. The first-order chi connectivity index (χ1) is 16.5. The first-order valence-corrected chi connectivity index (χ1v) is 11.0. The molecule has 0 bridgehead atoms. The van der Waals surface area contributed by atoms with Gasteiger partial charge < -0.3 is 10.0 Å². The second-order valence-corrected chi connectivity index (χ2v) is 8.66. The summed E-state index contributed by atoms with van der Waals surface area (Å²) >= 11 is 0. The molecule has 3 aromatic rings. The van der Waals surface area contributed by atoms with Gasteiger partial charge in [0.1, 0.15) is 30.6 Å². The van der Waals surface area contributed by atoms with Gasteiger partial charge in [-0.1, -0.05) is 24.3 Å². The summed E-state index contributed by atoms with van der Waals surface area (Å²) in [5, 5.41) is 13.8. The van der Waals surface area contributed by atoms with Gasteiger partial charge in [0.2, 0.25) is 0 Å². The number of ketones is 1. The van der Waals surface area contributed by atoms with Crippen LogP contribution >= 0.6 is 0 Å². The second-order valence-electron chi connectivity index (χ2n) is 8.66. The Bertz CT molecular complexity index is 1250. The van der Waals surface area contributed by atoms with E-state index in [1.807, 2.05) is 38.4 Å².